The number of rotatable bonds is 5. The van der Waals surface area contributed by atoms with E-state index in [0.717, 1.165) is 11.1 Å². The largest absolute Gasteiger partial charge is 0.508 e. The number of urea groups is 1. The molecule has 3 amide bonds. The second kappa shape index (κ2) is 8.96. The summed E-state index contributed by atoms with van der Waals surface area (Å²) < 4.78 is 0. The van der Waals surface area contributed by atoms with Crippen LogP contribution in [-0.4, -0.2) is 57.8 Å². The van der Waals surface area contributed by atoms with Crippen LogP contribution < -0.4 is 5.32 Å². The Kier molecular flexibility index (Phi) is 6.39. The summed E-state index contributed by atoms with van der Waals surface area (Å²) in [5, 5.41) is 15.7. The van der Waals surface area contributed by atoms with Crippen LogP contribution >= 0.6 is 0 Å². The van der Waals surface area contributed by atoms with Gasteiger partial charge in [-0.15, -0.1) is 0 Å². The molecule has 29 heavy (non-hydrogen) atoms. The zero-order valence-corrected chi connectivity index (χ0v) is 17.1. The zero-order valence-electron chi connectivity index (χ0n) is 17.1. The highest BCUT2D eigenvalue weighted by molar-refractivity contribution is 5.82. The lowest BCUT2D eigenvalue weighted by Gasteiger charge is -2.48. The first kappa shape index (κ1) is 20.7. The summed E-state index contributed by atoms with van der Waals surface area (Å²) >= 11 is 0. The summed E-state index contributed by atoms with van der Waals surface area (Å²) in [6.07, 6.45) is 0.226. The molecule has 0 radical (unpaired) electrons. The summed E-state index contributed by atoms with van der Waals surface area (Å²) in [6.45, 7) is 4.41. The number of amides is 3. The highest BCUT2D eigenvalue weighted by Crippen LogP contribution is 2.21. The van der Waals surface area contributed by atoms with Crippen LogP contribution in [0.1, 0.15) is 25.0 Å². The van der Waals surface area contributed by atoms with Crippen LogP contribution in [0.25, 0.3) is 0 Å². The highest BCUT2D eigenvalue weighted by Gasteiger charge is 2.39. The van der Waals surface area contributed by atoms with E-state index in [4.69, 9.17) is 0 Å². The van der Waals surface area contributed by atoms with Gasteiger partial charge in [0.05, 0.1) is 6.54 Å². The lowest BCUT2D eigenvalue weighted by atomic mass is 10.0. The molecule has 0 spiro atoms. The van der Waals surface area contributed by atoms with Crippen molar-refractivity contribution in [3.8, 4) is 5.75 Å². The predicted molar refractivity (Wildman–Crippen MR) is 111 cm³/mol. The Balaban J connectivity index is 1.69. The van der Waals surface area contributed by atoms with Crippen LogP contribution in [0.3, 0.4) is 0 Å². The molecule has 2 N–H and O–H groups in total. The molecule has 1 fully saturated rings. The number of phenols is 1. The number of nitrogens with one attached hydrogen (secondary N) is 1. The predicted octanol–water partition coefficient (Wildman–Crippen LogP) is 2.57. The summed E-state index contributed by atoms with van der Waals surface area (Å²) in [4.78, 5) is 27.4. The first-order valence-electron chi connectivity index (χ1n) is 9.78. The van der Waals surface area contributed by atoms with E-state index in [1.807, 2.05) is 56.3 Å². The fourth-order valence-electron chi connectivity index (χ4n) is 3.83. The standard InChI is InChI=1S/C22H28N4O3/c1-16(13-18-9-11-20(27)12-10-18)25-17(2)26(24(3)15-21(25)28)22(29)23-14-19-7-5-4-6-8-19/h4-12,16-17,27H,13-15H2,1-3H3,(H,23,29)/t16?,17-/m0/s1. The molecular formula is C22H28N4O3. The van der Waals surface area contributed by atoms with Crippen LogP contribution in [-0.2, 0) is 17.8 Å². The Bertz CT molecular complexity index is 841. The first-order chi connectivity index (χ1) is 13.9. The molecule has 0 bridgehead atoms. The quantitative estimate of drug-likeness (QED) is 0.815. The molecule has 1 aliphatic heterocycles. The van der Waals surface area contributed by atoms with Gasteiger partial charge in [0, 0.05) is 19.6 Å². The monoisotopic (exact) mass is 396 g/mol. The van der Waals surface area contributed by atoms with Crippen molar-refractivity contribution < 1.29 is 14.7 Å². The Morgan fingerprint density at radius 3 is 2.45 bits per heavy atom. The molecule has 0 saturated carbocycles. The van der Waals surface area contributed by atoms with E-state index >= 15 is 0 Å². The minimum atomic E-state index is -0.413. The number of likely N-dealkylation sites (N-methyl/N-ethyl adjacent to an activating group) is 1. The van der Waals surface area contributed by atoms with Gasteiger partial charge in [-0.2, -0.15) is 0 Å². The van der Waals surface area contributed by atoms with E-state index in [0.29, 0.717) is 13.0 Å². The van der Waals surface area contributed by atoms with E-state index in [2.05, 4.69) is 5.32 Å². The minimum Gasteiger partial charge on any atom is -0.508 e. The van der Waals surface area contributed by atoms with Gasteiger partial charge < -0.3 is 15.3 Å². The Morgan fingerprint density at radius 1 is 1.14 bits per heavy atom. The number of hydrogen-bond donors (Lipinski definition) is 2. The smallest absolute Gasteiger partial charge is 0.334 e. The number of hydrogen-bond acceptors (Lipinski definition) is 4. The van der Waals surface area contributed by atoms with E-state index in [1.165, 1.54) is 0 Å². The first-order valence-corrected chi connectivity index (χ1v) is 9.78. The molecule has 0 aromatic heterocycles. The average molecular weight is 396 g/mol. The summed E-state index contributed by atoms with van der Waals surface area (Å²) in [5.74, 6) is 0.199. The summed E-state index contributed by atoms with van der Waals surface area (Å²) in [5.41, 5.74) is 2.04. The molecular weight excluding hydrogens is 368 g/mol. The third-order valence-electron chi connectivity index (χ3n) is 5.21. The van der Waals surface area contributed by atoms with E-state index in [9.17, 15) is 14.7 Å². The van der Waals surface area contributed by atoms with Crippen LogP contribution in [0, 0.1) is 0 Å². The van der Waals surface area contributed by atoms with Gasteiger partial charge in [-0.05, 0) is 43.5 Å². The molecule has 1 aliphatic rings. The van der Waals surface area contributed by atoms with Crippen molar-refractivity contribution in [3.63, 3.8) is 0 Å². The number of benzene rings is 2. The van der Waals surface area contributed by atoms with Gasteiger partial charge in [-0.1, -0.05) is 42.5 Å². The molecule has 1 heterocycles. The van der Waals surface area contributed by atoms with Crippen molar-refractivity contribution in [2.24, 2.45) is 0 Å². The Labute approximate surface area is 171 Å². The van der Waals surface area contributed by atoms with Gasteiger partial charge in [-0.25, -0.2) is 14.8 Å². The van der Waals surface area contributed by atoms with Gasteiger partial charge in [0.25, 0.3) is 0 Å². The molecule has 7 nitrogen and oxygen atoms in total. The fourth-order valence-corrected chi connectivity index (χ4v) is 3.83. The third-order valence-corrected chi connectivity index (χ3v) is 5.21. The van der Waals surface area contributed by atoms with Crippen molar-refractivity contribution in [1.29, 1.82) is 0 Å². The van der Waals surface area contributed by atoms with Crippen LogP contribution in [0.15, 0.2) is 54.6 Å². The van der Waals surface area contributed by atoms with Crippen molar-refractivity contribution >= 4 is 11.9 Å². The minimum absolute atomic E-state index is 0.0154. The number of carbonyl (C=O) groups is 2. The lowest BCUT2D eigenvalue weighted by Crippen LogP contribution is -2.68. The lowest BCUT2D eigenvalue weighted by molar-refractivity contribution is -0.165. The van der Waals surface area contributed by atoms with Crippen molar-refractivity contribution in [2.45, 2.75) is 39.0 Å². The summed E-state index contributed by atoms with van der Waals surface area (Å²) in [6, 6.07) is 16.4. The van der Waals surface area contributed by atoms with E-state index < -0.39 is 6.17 Å². The number of hydrazine groups is 1. The maximum Gasteiger partial charge on any atom is 0.334 e. The number of carbonyl (C=O) groups excluding carboxylic acids is 2. The van der Waals surface area contributed by atoms with E-state index in [-0.39, 0.29) is 30.3 Å². The summed E-state index contributed by atoms with van der Waals surface area (Å²) in [7, 11) is 1.75. The van der Waals surface area contributed by atoms with Gasteiger partial charge in [0.1, 0.15) is 11.9 Å². The van der Waals surface area contributed by atoms with Gasteiger partial charge >= 0.3 is 6.03 Å². The number of phenolic OH excluding ortho intramolecular Hbond substituents is 1. The van der Waals surface area contributed by atoms with Crippen molar-refractivity contribution in [3.05, 3.63) is 65.7 Å². The Hall–Kier alpha value is -3.06. The average Bonchev–Trinajstić information content (AvgIpc) is 2.68. The third kappa shape index (κ3) is 4.86. The molecule has 1 saturated heterocycles. The van der Waals surface area contributed by atoms with Gasteiger partial charge in [-0.3, -0.25) is 4.79 Å². The van der Waals surface area contributed by atoms with E-state index in [1.54, 1.807) is 34.1 Å². The van der Waals surface area contributed by atoms with Crippen molar-refractivity contribution in [2.75, 3.05) is 13.6 Å². The van der Waals surface area contributed by atoms with Gasteiger partial charge in [0.2, 0.25) is 5.91 Å². The normalized spacial score (nSPS) is 18.6. The van der Waals surface area contributed by atoms with Crippen LogP contribution in [0.5, 0.6) is 5.75 Å². The van der Waals surface area contributed by atoms with Crippen molar-refractivity contribution in [1.82, 2.24) is 20.2 Å². The topological polar surface area (TPSA) is 76.1 Å². The second-order valence-corrected chi connectivity index (χ2v) is 7.46. The highest BCUT2D eigenvalue weighted by atomic mass is 16.3. The van der Waals surface area contributed by atoms with Gasteiger partial charge in [0.15, 0.2) is 0 Å². The molecule has 2 aromatic rings. The maximum atomic E-state index is 12.9. The molecule has 7 heteroatoms. The SMILES string of the molecule is CC(Cc1ccc(O)cc1)N1C(=O)CN(C)N(C(=O)NCc2ccccc2)[C@H]1C. The van der Waals surface area contributed by atoms with Crippen LogP contribution in [0.4, 0.5) is 4.79 Å². The zero-order chi connectivity index (χ0) is 21.0. The number of aromatic hydroxyl groups is 1. The molecule has 2 aromatic carbocycles. The molecule has 154 valence electrons. The van der Waals surface area contributed by atoms with Crippen LogP contribution in [0.2, 0.25) is 0 Å². The Morgan fingerprint density at radius 2 is 1.79 bits per heavy atom. The molecule has 1 unspecified atom stereocenters. The molecule has 3 rings (SSSR count). The molecule has 0 aliphatic carbocycles. The maximum absolute atomic E-state index is 12.9. The number of nitrogens with zero attached hydrogens (tertiary/aromatic N) is 3. The fraction of sp³-hybridized carbons (Fsp3) is 0.364. The second-order valence-electron chi connectivity index (χ2n) is 7.46. The molecule has 2 atom stereocenters.